The van der Waals surface area contributed by atoms with Crippen LogP contribution in [0.5, 0.6) is 0 Å². The Morgan fingerprint density at radius 1 is 1.71 bits per heavy atom. The molecular weight excluding hydrogens is 198 g/mol. The lowest BCUT2D eigenvalue weighted by Crippen LogP contribution is -2.34. The van der Waals surface area contributed by atoms with Gasteiger partial charge in [0.15, 0.2) is 5.16 Å². The van der Waals surface area contributed by atoms with Crippen molar-refractivity contribution in [1.82, 2.24) is 14.9 Å². The predicted octanol–water partition coefficient (Wildman–Crippen LogP) is 0.483. The standard InChI is InChI=1S/C9H17N3OS/c1-3-10-8(6-13)7-14-9-11-4-5-12(9)2/h4-5,8,10,13H,3,6-7H2,1-2H3. The normalized spacial score (nSPS) is 13.1. The number of thioether (sulfide) groups is 1. The van der Waals surface area contributed by atoms with Crippen LogP contribution >= 0.6 is 11.8 Å². The first-order valence-corrected chi connectivity index (χ1v) is 5.70. The third-order valence-electron chi connectivity index (χ3n) is 1.90. The summed E-state index contributed by atoms with van der Waals surface area (Å²) in [6.07, 6.45) is 3.70. The summed E-state index contributed by atoms with van der Waals surface area (Å²) in [7, 11) is 1.97. The molecule has 1 aromatic heterocycles. The van der Waals surface area contributed by atoms with Crippen LogP contribution in [0.15, 0.2) is 17.6 Å². The Morgan fingerprint density at radius 3 is 3.00 bits per heavy atom. The van der Waals surface area contributed by atoms with Gasteiger partial charge >= 0.3 is 0 Å². The van der Waals surface area contributed by atoms with E-state index in [1.807, 2.05) is 24.7 Å². The van der Waals surface area contributed by atoms with Gasteiger partial charge in [-0.3, -0.25) is 0 Å². The summed E-state index contributed by atoms with van der Waals surface area (Å²) < 4.78 is 1.98. The van der Waals surface area contributed by atoms with Gasteiger partial charge in [0.1, 0.15) is 0 Å². The van der Waals surface area contributed by atoms with Gasteiger partial charge in [0.25, 0.3) is 0 Å². The number of nitrogens with zero attached hydrogens (tertiary/aromatic N) is 2. The number of imidazole rings is 1. The van der Waals surface area contributed by atoms with Crippen molar-refractivity contribution in [2.24, 2.45) is 7.05 Å². The summed E-state index contributed by atoms with van der Waals surface area (Å²) in [4.78, 5) is 4.20. The number of aryl methyl sites for hydroxylation is 1. The molecule has 1 aromatic rings. The lowest BCUT2D eigenvalue weighted by atomic mass is 10.4. The Kier molecular flexibility index (Phi) is 5.00. The molecule has 0 aliphatic rings. The smallest absolute Gasteiger partial charge is 0.167 e. The molecule has 80 valence electrons. The summed E-state index contributed by atoms with van der Waals surface area (Å²) in [6, 6.07) is 0.154. The Hall–Kier alpha value is -0.520. The molecule has 0 fully saturated rings. The van der Waals surface area contributed by atoms with E-state index in [4.69, 9.17) is 5.11 Å². The highest BCUT2D eigenvalue weighted by Gasteiger charge is 2.07. The van der Waals surface area contributed by atoms with Crippen LogP contribution in [0.1, 0.15) is 6.92 Å². The first-order chi connectivity index (χ1) is 6.77. The fraction of sp³-hybridized carbons (Fsp3) is 0.667. The van der Waals surface area contributed by atoms with Crippen molar-refractivity contribution < 1.29 is 5.11 Å². The third-order valence-corrected chi connectivity index (χ3v) is 3.12. The van der Waals surface area contributed by atoms with E-state index in [1.165, 1.54) is 0 Å². The van der Waals surface area contributed by atoms with Gasteiger partial charge in [0, 0.05) is 31.2 Å². The summed E-state index contributed by atoms with van der Waals surface area (Å²) in [5.41, 5.74) is 0. The Morgan fingerprint density at radius 2 is 2.50 bits per heavy atom. The highest BCUT2D eigenvalue weighted by Crippen LogP contribution is 2.15. The SMILES string of the molecule is CCNC(CO)CSc1nccn1C. The van der Waals surface area contributed by atoms with E-state index in [2.05, 4.69) is 10.3 Å². The molecule has 0 amide bonds. The predicted molar refractivity (Wildman–Crippen MR) is 58.5 cm³/mol. The van der Waals surface area contributed by atoms with Crippen LogP contribution in [0.25, 0.3) is 0 Å². The topological polar surface area (TPSA) is 50.1 Å². The van der Waals surface area contributed by atoms with Gasteiger partial charge in [-0.2, -0.15) is 0 Å². The molecule has 0 radical (unpaired) electrons. The summed E-state index contributed by atoms with van der Waals surface area (Å²) in [6.45, 7) is 3.09. The first kappa shape index (κ1) is 11.6. The van der Waals surface area contributed by atoms with Crippen LogP contribution in [0.4, 0.5) is 0 Å². The number of aliphatic hydroxyl groups is 1. The summed E-state index contributed by atoms with van der Waals surface area (Å²) in [5, 5.41) is 13.2. The molecule has 1 unspecified atom stereocenters. The van der Waals surface area contributed by atoms with Crippen molar-refractivity contribution in [3.63, 3.8) is 0 Å². The largest absolute Gasteiger partial charge is 0.395 e. The first-order valence-electron chi connectivity index (χ1n) is 4.72. The van der Waals surface area contributed by atoms with Crippen LogP contribution < -0.4 is 5.32 Å². The number of hydrogen-bond acceptors (Lipinski definition) is 4. The van der Waals surface area contributed by atoms with Crippen LogP contribution in [-0.4, -0.2) is 39.6 Å². The van der Waals surface area contributed by atoms with Crippen molar-refractivity contribution in [2.75, 3.05) is 18.9 Å². The van der Waals surface area contributed by atoms with Crippen molar-refractivity contribution in [1.29, 1.82) is 0 Å². The van der Waals surface area contributed by atoms with Crippen molar-refractivity contribution in [3.05, 3.63) is 12.4 Å². The van der Waals surface area contributed by atoms with Gasteiger partial charge in [-0.05, 0) is 6.54 Å². The minimum absolute atomic E-state index is 0.154. The average Bonchev–Trinajstić information content (AvgIpc) is 2.59. The number of likely N-dealkylation sites (N-methyl/N-ethyl adjacent to an activating group) is 1. The van der Waals surface area contributed by atoms with Crippen LogP contribution in [0.2, 0.25) is 0 Å². The highest BCUT2D eigenvalue weighted by molar-refractivity contribution is 7.99. The van der Waals surface area contributed by atoms with Crippen molar-refractivity contribution in [2.45, 2.75) is 18.1 Å². The number of aliphatic hydroxyl groups excluding tert-OH is 1. The maximum atomic E-state index is 9.05. The van der Waals surface area contributed by atoms with E-state index in [0.29, 0.717) is 0 Å². The van der Waals surface area contributed by atoms with E-state index >= 15 is 0 Å². The molecule has 5 heteroatoms. The molecule has 0 aliphatic heterocycles. The van der Waals surface area contributed by atoms with Crippen molar-refractivity contribution >= 4 is 11.8 Å². The number of hydrogen-bond donors (Lipinski definition) is 2. The zero-order chi connectivity index (χ0) is 10.4. The Balaban J connectivity index is 2.35. The number of aromatic nitrogens is 2. The monoisotopic (exact) mass is 215 g/mol. The van der Waals surface area contributed by atoms with E-state index in [1.54, 1.807) is 18.0 Å². The Labute approximate surface area is 88.7 Å². The zero-order valence-electron chi connectivity index (χ0n) is 8.60. The van der Waals surface area contributed by atoms with Crippen LogP contribution in [0.3, 0.4) is 0 Å². The van der Waals surface area contributed by atoms with Gasteiger partial charge in [0.2, 0.25) is 0 Å². The number of nitrogens with one attached hydrogen (secondary N) is 1. The van der Waals surface area contributed by atoms with Gasteiger partial charge in [0.05, 0.1) is 6.61 Å². The molecule has 0 aliphatic carbocycles. The summed E-state index contributed by atoms with van der Waals surface area (Å²) >= 11 is 1.66. The second-order valence-electron chi connectivity index (χ2n) is 3.07. The molecule has 0 aromatic carbocycles. The molecule has 0 spiro atoms. The molecule has 4 nitrogen and oxygen atoms in total. The molecule has 1 atom stereocenters. The van der Waals surface area contributed by atoms with E-state index in [9.17, 15) is 0 Å². The van der Waals surface area contributed by atoms with Gasteiger partial charge in [-0.1, -0.05) is 18.7 Å². The molecule has 14 heavy (non-hydrogen) atoms. The van der Waals surface area contributed by atoms with Gasteiger partial charge in [-0.25, -0.2) is 4.98 Å². The fourth-order valence-corrected chi connectivity index (χ4v) is 2.10. The minimum atomic E-state index is 0.154. The number of rotatable bonds is 6. The second kappa shape index (κ2) is 6.06. The average molecular weight is 215 g/mol. The third kappa shape index (κ3) is 3.32. The van der Waals surface area contributed by atoms with Crippen LogP contribution in [-0.2, 0) is 7.05 Å². The van der Waals surface area contributed by atoms with Crippen molar-refractivity contribution in [3.8, 4) is 0 Å². The molecule has 0 saturated carbocycles. The van der Waals surface area contributed by atoms with Gasteiger partial charge in [-0.15, -0.1) is 0 Å². The molecule has 0 bridgehead atoms. The molecule has 2 N–H and O–H groups in total. The van der Waals surface area contributed by atoms with E-state index < -0.39 is 0 Å². The molecule has 1 heterocycles. The summed E-state index contributed by atoms with van der Waals surface area (Å²) in [5.74, 6) is 0.842. The molecule has 0 saturated heterocycles. The maximum Gasteiger partial charge on any atom is 0.167 e. The minimum Gasteiger partial charge on any atom is -0.395 e. The Bertz CT molecular complexity index is 264. The second-order valence-corrected chi connectivity index (χ2v) is 4.06. The maximum absolute atomic E-state index is 9.05. The molecule has 1 rings (SSSR count). The van der Waals surface area contributed by atoms with E-state index in [0.717, 1.165) is 17.5 Å². The fourth-order valence-electron chi connectivity index (χ4n) is 1.13. The van der Waals surface area contributed by atoms with E-state index in [-0.39, 0.29) is 12.6 Å². The lowest BCUT2D eigenvalue weighted by molar-refractivity contribution is 0.255. The lowest BCUT2D eigenvalue weighted by Gasteiger charge is -2.13. The van der Waals surface area contributed by atoms with Crippen LogP contribution in [0, 0.1) is 0 Å². The highest BCUT2D eigenvalue weighted by atomic mass is 32.2. The van der Waals surface area contributed by atoms with Gasteiger partial charge < -0.3 is 15.0 Å². The quantitative estimate of drug-likeness (QED) is 0.678. The molecular formula is C9H17N3OS. The zero-order valence-corrected chi connectivity index (χ0v) is 9.42.